The second-order valence-corrected chi connectivity index (χ2v) is 7.56. The van der Waals surface area contributed by atoms with Crippen molar-refractivity contribution in [3.8, 4) is 0 Å². The minimum atomic E-state index is -3.83. The van der Waals surface area contributed by atoms with Crippen molar-refractivity contribution in [3.05, 3.63) is 39.9 Å². The smallest absolute Gasteiger partial charge is 0.270 e. The van der Waals surface area contributed by atoms with Gasteiger partial charge in [0, 0.05) is 23.4 Å². The second-order valence-electron chi connectivity index (χ2n) is 3.96. The minimum absolute atomic E-state index is 0.108. The van der Waals surface area contributed by atoms with Crippen molar-refractivity contribution in [1.29, 1.82) is 0 Å². The van der Waals surface area contributed by atoms with E-state index >= 15 is 0 Å². The minimum Gasteiger partial charge on any atom is -0.291 e. The van der Waals surface area contributed by atoms with Crippen LogP contribution in [0.1, 0.15) is 24.2 Å². The zero-order chi connectivity index (χ0) is 14.8. The van der Waals surface area contributed by atoms with Crippen molar-refractivity contribution in [3.63, 3.8) is 0 Å². The molecule has 0 saturated heterocycles. The molecule has 1 aromatic carbocycles. The lowest BCUT2D eigenvalue weighted by atomic mass is 10.1. The summed E-state index contributed by atoms with van der Waals surface area (Å²) >= 11 is 5.84. The highest BCUT2D eigenvalue weighted by Gasteiger charge is 2.43. The Morgan fingerprint density at radius 1 is 1.47 bits per heavy atom. The van der Waals surface area contributed by atoms with E-state index in [4.69, 9.17) is 11.6 Å². The predicted octanol–water partition coefficient (Wildman–Crippen LogP) is 2.17. The number of hydrogen-bond acceptors (Lipinski definition) is 5. The Balaban J connectivity index is 3.28. The third-order valence-electron chi connectivity index (χ3n) is 2.69. The lowest BCUT2D eigenvalue weighted by Crippen LogP contribution is -2.39. The van der Waals surface area contributed by atoms with E-state index in [9.17, 15) is 23.3 Å². The van der Waals surface area contributed by atoms with Gasteiger partial charge in [0.2, 0.25) is 4.21 Å². The molecule has 0 amide bonds. The molecule has 0 unspecified atom stereocenters. The molecule has 104 valence electrons. The number of halogens is 1. The standard InChI is InChI=1S/C11H12ClNO5S/c1-3-19(17,18)11(2,12)10(14)8-5-4-6-9(7-8)13(15)16/h4-7H,3H2,1-2H3/t11-/m1/s1. The van der Waals surface area contributed by atoms with E-state index in [1.165, 1.54) is 25.1 Å². The van der Waals surface area contributed by atoms with Gasteiger partial charge >= 0.3 is 0 Å². The van der Waals surface area contributed by atoms with Crippen LogP contribution >= 0.6 is 11.6 Å². The van der Waals surface area contributed by atoms with Gasteiger partial charge in [0.05, 0.1) is 4.92 Å². The fourth-order valence-electron chi connectivity index (χ4n) is 1.43. The summed E-state index contributed by atoms with van der Waals surface area (Å²) in [6, 6.07) is 4.81. The number of nitro groups is 1. The van der Waals surface area contributed by atoms with E-state index in [-0.39, 0.29) is 17.0 Å². The van der Waals surface area contributed by atoms with Crippen molar-refractivity contribution in [1.82, 2.24) is 0 Å². The molecule has 6 nitrogen and oxygen atoms in total. The highest BCUT2D eigenvalue weighted by Crippen LogP contribution is 2.29. The molecule has 0 saturated carbocycles. The zero-order valence-electron chi connectivity index (χ0n) is 10.3. The molecule has 0 N–H and O–H groups in total. The Kier molecular flexibility index (Phi) is 4.32. The van der Waals surface area contributed by atoms with Gasteiger partial charge < -0.3 is 0 Å². The van der Waals surface area contributed by atoms with Gasteiger partial charge in [-0.25, -0.2) is 8.42 Å². The molecule has 0 aliphatic rings. The number of rotatable bonds is 5. The van der Waals surface area contributed by atoms with E-state index < -0.39 is 24.8 Å². The van der Waals surface area contributed by atoms with E-state index in [1.54, 1.807) is 0 Å². The van der Waals surface area contributed by atoms with Crippen LogP contribution in [-0.4, -0.2) is 29.1 Å². The van der Waals surface area contributed by atoms with Gasteiger partial charge in [-0.15, -0.1) is 0 Å². The second kappa shape index (κ2) is 5.26. The van der Waals surface area contributed by atoms with Crippen LogP contribution in [0.3, 0.4) is 0 Å². The Labute approximate surface area is 115 Å². The van der Waals surface area contributed by atoms with Crippen LogP contribution in [0.5, 0.6) is 0 Å². The number of carbonyl (C=O) groups excluding carboxylic acids is 1. The molecule has 0 aliphatic carbocycles. The maximum Gasteiger partial charge on any atom is 0.270 e. The number of nitrogens with zero attached hydrogens (tertiary/aromatic N) is 1. The molecule has 0 radical (unpaired) electrons. The quantitative estimate of drug-likeness (QED) is 0.359. The first kappa shape index (κ1) is 15.6. The number of benzene rings is 1. The average molecular weight is 306 g/mol. The topological polar surface area (TPSA) is 94.3 Å². The molecule has 0 fully saturated rings. The van der Waals surface area contributed by atoms with Crippen LogP contribution in [-0.2, 0) is 9.84 Å². The molecule has 0 heterocycles. The molecular weight excluding hydrogens is 294 g/mol. The van der Waals surface area contributed by atoms with Crippen molar-refractivity contribution in [2.75, 3.05) is 5.75 Å². The van der Waals surface area contributed by atoms with E-state index in [1.807, 2.05) is 0 Å². The third kappa shape index (κ3) is 2.93. The molecule has 8 heteroatoms. The van der Waals surface area contributed by atoms with Crippen LogP contribution < -0.4 is 0 Å². The van der Waals surface area contributed by atoms with E-state index in [2.05, 4.69) is 0 Å². The highest BCUT2D eigenvalue weighted by atomic mass is 35.5. The van der Waals surface area contributed by atoms with Crippen molar-refractivity contribution in [2.24, 2.45) is 0 Å². The number of alkyl halides is 1. The Morgan fingerprint density at radius 3 is 2.53 bits per heavy atom. The van der Waals surface area contributed by atoms with Crippen LogP contribution in [0.4, 0.5) is 5.69 Å². The molecule has 0 aliphatic heterocycles. The molecule has 19 heavy (non-hydrogen) atoms. The summed E-state index contributed by atoms with van der Waals surface area (Å²) in [6.45, 7) is 2.45. The molecule has 0 aromatic heterocycles. The first-order chi connectivity index (χ1) is 8.63. The van der Waals surface area contributed by atoms with E-state index in [0.717, 1.165) is 13.0 Å². The fraction of sp³-hybridized carbons (Fsp3) is 0.364. The molecule has 0 spiro atoms. The van der Waals surface area contributed by atoms with Crippen molar-refractivity contribution in [2.45, 2.75) is 18.1 Å². The van der Waals surface area contributed by atoms with Crippen LogP contribution in [0.2, 0.25) is 0 Å². The van der Waals surface area contributed by atoms with Gasteiger partial charge in [-0.2, -0.15) is 0 Å². The summed E-state index contributed by atoms with van der Waals surface area (Å²) in [5.41, 5.74) is -0.407. The van der Waals surface area contributed by atoms with Crippen molar-refractivity contribution >= 4 is 32.9 Å². The van der Waals surface area contributed by atoms with Gasteiger partial charge in [0.1, 0.15) is 0 Å². The normalized spacial score (nSPS) is 14.7. The summed E-state index contributed by atoms with van der Waals surface area (Å²) in [4.78, 5) is 22.1. The number of non-ortho nitro benzene ring substituents is 1. The summed E-state index contributed by atoms with van der Waals surface area (Å²) in [5, 5.41) is 10.6. The van der Waals surface area contributed by atoms with Gasteiger partial charge in [-0.1, -0.05) is 30.7 Å². The largest absolute Gasteiger partial charge is 0.291 e. The highest BCUT2D eigenvalue weighted by molar-refractivity contribution is 7.95. The summed E-state index contributed by atoms with van der Waals surface area (Å²) in [6.07, 6.45) is 0. The Bertz CT molecular complexity index is 624. The van der Waals surface area contributed by atoms with Gasteiger partial charge in [0.25, 0.3) is 5.69 Å². The monoisotopic (exact) mass is 305 g/mol. The summed E-state index contributed by atoms with van der Waals surface area (Å²) in [7, 11) is -3.83. The number of sulfone groups is 1. The molecule has 1 atom stereocenters. The SMILES string of the molecule is CCS(=O)(=O)[C@@](C)(Cl)C(=O)c1cccc([N+](=O)[O-])c1. The maximum absolute atomic E-state index is 12.1. The number of Topliss-reactive ketones (excluding diaryl/α,β-unsaturated/α-hetero) is 1. The van der Waals surface area contributed by atoms with Gasteiger partial charge in [-0.3, -0.25) is 14.9 Å². The third-order valence-corrected chi connectivity index (χ3v) is 5.68. The fourth-order valence-corrected chi connectivity index (χ4v) is 2.81. The van der Waals surface area contributed by atoms with Crippen LogP contribution in [0, 0.1) is 10.1 Å². The zero-order valence-corrected chi connectivity index (χ0v) is 11.9. The van der Waals surface area contributed by atoms with Gasteiger partial charge in [-0.05, 0) is 6.92 Å². The van der Waals surface area contributed by atoms with Crippen LogP contribution in [0.15, 0.2) is 24.3 Å². The molecule has 0 bridgehead atoms. The average Bonchev–Trinajstić information content (AvgIpc) is 2.37. The molecular formula is C11H12ClNO5S. The summed E-state index contributed by atoms with van der Waals surface area (Å²) in [5.74, 6) is -1.17. The van der Waals surface area contributed by atoms with Crippen LogP contribution in [0.25, 0.3) is 0 Å². The summed E-state index contributed by atoms with van der Waals surface area (Å²) < 4.78 is 21.4. The number of hydrogen-bond donors (Lipinski definition) is 0. The number of carbonyl (C=O) groups is 1. The molecule has 1 rings (SSSR count). The lowest BCUT2D eigenvalue weighted by molar-refractivity contribution is -0.384. The first-order valence-electron chi connectivity index (χ1n) is 5.34. The van der Waals surface area contributed by atoms with E-state index in [0.29, 0.717) is 0 Å². The lowest BCUT2D eigenvalue weighted by Gasteiger charge is -2.19. The predicted molar refractivity (Wildman–Crippen MR) is 71.1 cm³/mol. The first-order valence-corrected chi connectivity index (χ1v) is 7.37. The number of ketones is 1. The Morgan fingerprint density at radius 2 is 2.05 bits per heavy atom. The maximum atomic E-state index is 12.1. The molecule has 1 aromatic rings. The Hall–Kier alpha value is -1.47. The number of nitro benzene ring substituents is 1. The van der Waals surface area contributed by atoms with Gasteiger partial charge in [0.15, 0.2) is 15.6 Å². The van der Waals surface area contributed by atoms with Crippen molar-refractivity contribution < 1.29 is 18.1 Å².